The highest BCUT2D eigenvalue weighted by molar-refractivity contribution is 6.05. The maximum absolute atomic E-state index is 12.1. The van der Waals surface area contributed by atoms with Crippen molar-refractivity contribution < 1.29 is 14.3 Å². The highest BCUT2D eigenvalue weighted by Gasteiger charge is 2.10. The number of carbonyl (C=O) groups is 2. The van der Waals surface area contributed by atoms with E-state index in [0.29, 0.717) is 28.3 Å². The highest BCUT2D eigenvalue weighted by atomic mass is 16.5. The van der Waals surface area contributed by atoms with Crippen LogP contribution in [-0.2, 0) is 0 Å². The molecular formula is C15H15N3O3. The second-order valence-corrected chi connectivity index (χ2v) is 4.36. The number of rotatable bonds is 4. The molecule has 0 fully saturated rings. The van der Waals surface area contributed by atoms with Crippen molar-refractivity contribution in [1.82, 2.24) is 0 Å². The maximum Gasteiger partial charge on any atom is 0.255 e. The van der Waals surface area contributed by atoms with Crippen LogP contribution in [0.1, 0.15) is 20.7 Å². The molecule has 2 amide bonds. The van der Waals surface area contributed by atoms with Crippen LogP contribution in [0, 0.1) is 0 Å². The molecule has 6 nitrogen and oxygen atoms in total. The van der Waals surface area contributed by atoms with Crippen LogP contribution in [0.15, 0.2) is 42.5 Å². The summed E-state index contributed by atoms with van der Waals surface area (Å²) in [5, 5.41) is 2.68. The van der Waals surface area contributed by atoms with Crippen molar-refractivity contribution in [2.24, 2.45) is 5.73 Å². The van der Waals surface area contributed by atoms with Crippen molar-refractivity contribution in [2.45, 2.75) is 0 Å². The number of methoxy groups -OCH3 is 1. The Morgan fingerprint density at radius 3 is 2.48 bits per heavy atom. The van der Waals surface area contributed by atoms with Crippen LogP contribution >= 0.6 is 0 Å². The van der Waals surface area contributed by atoms with Crippen LogP contribution in [0.3, 0.4) is 0 Å². The van der Waals surface area contributed by atoms with Gasteiger partial charge in [0.1, 0.15) is 5.75 Å². The zero-order chi connectivity index (χ0) is 15.4. The van der Waals surface area contributed by atoms with Gasteiger partial charge in [0.15, 0.2) is 0 Å². The summed E-state index contributed by atoms with van der Waals surface area (Å²) in [4.78, 5) is 23.2. The molecule has 2 aromatic carbocycles. The fourth-order valence-corrected chi connectivity index (χ4v) is 1.83. The zero-order valence-corrected chi connectivity index (χ0v) is 11.4. The number of nitrogens with one attached hydrogen (secondary N) is 1. The first kappa shape index (κ1) is 14.4. The Labute approximate surface area is 121 Å². The normalized spacial score (nSPS) is 9.95. The van der Waals surface area contributed by atoms with Crippen molar-refractivity contribution in [3.8, 4) is 5.75 Å². The first-order valence-electron chi connectivity index (χ1n) is 6.16. The van der Waals surface area contributed by atoms with E-state index >= 15 is 0 Å². The topological polar surface area (TPSA) is 107 Å². The molecule has 0 saturated heterocycles. The Bertz CT molecular complexity index is 698. The van der Waals surface area contributed by atoms with Crippen LogP contribution in [0.4, 0.5) is 11.4 Å². The van der Waals surface area contributed by atoms with Gasteiger partial charge in [-0.3, -0.25) is 9.59 Å². The fraction of sp³-hybridized carbons (Fsp3) is 0.0667. The van der Waals surface area contributed by atoms with Crippen LogP contribution in [-0.4, -0.2) is 18.9 Å². The molecular weight excluding hydrogens is 270 g/mol. The van der Waals surface area contributed by atoms with E-state index in [1.807, 2.05) is 0 Å². The number of benzene rings is 2. The molecule has 0 bridgehead atoms. The summed E-state index contributed by atoms with van der Waals surface area (Å²) >= 11 is 0. The van der Waals surface area contributed by atoms with Crippen molar-refractivity contribution in [3.05, 3.63) is 53.6 Å². The molecule has 0 radical (unpaired) electrons. The van der Waals surface area contributed by atoms with Crippen LogP contribution in [0.5, 0.6) is 5.75 Å². The average molecular weight is 285 g/mol. The molecule has 2 aromatic rings. The molecule has 0 unspecified atom stereocenters. The second-order valence-electron chi connectivity index (χ2n) is 4.36. The summed E-state index contributed by atoms with van der Waals surface area (Å²) in [5.74, 6) is -0.395. The summed E-state index contributed by atoms with van der Waals surface area (Å²) in [6.45, 7) is 0. The van der Waals surface area contributed by atoms with E-state index in [9.17, 15) is 9.59 Å². The van der Waals surface area contributed by atoms with Gasteiger partial charge in [0.05, 0.1) is 12.8 Å². The minimum Gasteiger partial charge on any atom is -0.495 e. The monoisotopic (exact) mass is 285 g/mol. The zero-order valence-electron chi connectivity index (χ0n) is 11.4. The van der Waals surface area contributed by atoms with E-state index in [2.05, 4.69) is 5.32 Å². The van der Waals surface area contributed by atoms with E-state index in [0.717, 1.165) is 0 Å². The fourth-order valence-electron chi connectivity index (χ4n) is 1.83. The van der Waals surface area contributed by atoms with Crippen LogP contribution < -0.4 is 21.5 Å². The molecule has 0 spiro atoms. The number of ether oxygens (including phenoxy) is 1. The number of hydrogen-bond donors (Lipinski definition) is 3. The van der Waals surface area contributed by atoms with E-state index < -0.39 is 5.91 Å². The molecule has 0 saturated carbocycles. The van der Waals surface area contributed by atoms with Crippen molar-refractivity contribution in [2.75, 3.05) is 18.2 Å². The Morgan fingerprint density at radius 2 is 1.86 bits per heavy atom. The molecule has 0 heterocycles. The first-order chi connectivity index (χ1) is 10.0. The van der Waals surface area contributed by atoms with E-state index in [4.69, 9.17) is 16.2 Å². The van der Waals surface area contributed by atoms with Crippen molar-refractivity contribution in [3.63, 3.8) is 0 Å². The van der Waals surface area contributed by atoms with Gasteiger partial charge in [0.25, 0.3) is 5.91 Å². The van der Waals surface area contributed by atoms with Gasteiger partial charge in [-0.25, -0.2) is 0 Å². The molecule has 21 heavy (non-hydrogen) atoms. The Hall–Kier alpha value is -3.02. The number of anilines is 2. The Kier molecular flexibility index (Phi) is 4.08. The minimum atomic E-state index is -0.556. The third-order valence-corrected chi connectivity index (χ3v) is 2.90. The number of hydrogen-bond acceptors (Lipinski definition) is 4. The van der Waals surface area contributed by atoms with Crippen molar-refractivity contribution in [1.29, 1.82) is 0 Å². The molecule has 0 atom stereocenters. The lowest BCUT2D eigenvalue weighted by Gasteiger charge is -2.09. The highest BCUT2D eigenvalue weighted by Crippen LogP contribution is 2.22. The van der Waals surface area contributed by atoms with Gasteiger partial charge in [-0.15, -0.1) is 0 Å². The molecule has 108 valence electrons. The quantitative estimate of drug-likeness (QED) is 0.742. The number of carbonyl (C=O) groups excluding carboxylic acids is 2. The molecule has 0 aliphatic heterocycles. The molecule has 6 heteroatoms. The number of nitrogen functional groups attached to an aromatic ring is 1. The lowest BCUT2D eigenvalue weighted by Crippen LogP contribution is -2.14. The number of nitrogens with two attached hydrogens (primary N) is 2. The van der Waals surface area contributed by atoms with E-state index in [1.165, 1.54) is 19.2 Å². The molecule has 0 aliphatic carbocycles. The lowest BCUT2D eigenvalue weighted by molar-refractivity contribution is 0.0996. The van der Waals surface area contributed by atoms with Gasteiger partial charge in [0, 0.05) is 16.8 Å². The first-order valence-corrected chi connectivity index (χ1v) is 6.16. The van der Waals surface area contributed by atoms with Gasteiger partial charge >= 0.3 is 0 Å². The molecule has 0 aliphatic rings. The maximum atomic E-state index is 12.1. The molecule has 0 aromatic heterocycles. The van der Waals surface area contributed by atoms with Gasteiger partial charge in [0.2, 0.25) is 5.91 Å². The summed E-state index contributed by atoms with van der Waals surface area (Å²) in [7, 11) is 1.50. The summed E-state index contributed by atoms with van der Waals surface area (Å²) in [6, 6.07) is 11.1. The smallest absolute Gasteiger partial charge is 0.255 e. The second kappa shape index (κ2) is 5.96. The summed E-state index contributed by atoms with van der Waals surface area (Å²) < 4.78 is 5.03. The standard InChI is InChI=1S/C15H15N3O3/c1-21-13-6-5-10(8-12(13)16)15(20)18-11-4-2-3-9(7-11)14(17)19/h2-8H,16H2,1H3,(H2,17,19)(H,18,20). The third-order valence-electron chi connectivity index (χ3n) is 2.90. The summed E-state index contributed by atoms with van der Waals surface area (Å²) in [6.07, 6.45) is 0. The Morgan fingerprint density at radius 1 is 1.10 bits per heavy atom. The minimum absolute atomic E-state index is 0.321. The van der Waals surface area contributed by atoms with Gasteiger partial charge in [-0.1, -0.05) is 6.07 Å². The average Bonchev–Trinajstić information content (AvgIpc) is 2.47. The van der Waals surface area contributed by atoms with Gasteiger partial charge in [-0.05, 0) is 36.4 Å². The summed E-state index contributed by atoms with van der Waals surface area (Å²) in [5.41, 5.74) is 12.5. The van der Waals surface area contributed by atoms with Gasteiger partial charge < -0.3 is 21.5 Å². The molecule has 2 rings (SSSR count). The Balaban J connectivity index is 2.20. The molecule has 5 N–H and O–H groups in total. The van der Waals surface area contributed by atoms with Crippen LogP contribution in [0.25, 0.3) is 0 Å². The SMILES string of the molecule is COc1ccc(C(=O)Nc2cccc(C(N)=O)c2)cc1N. The van der Waals surface area contributed by atoms with E-state index in [-0.39, 0.29) is 5.91 Å². The van der Waals surface area contributed by atoms with Crippen molar-refractivity contribution >= 4 is 23.2 Å². The number of primary amides is 1. The van der Waals surface area contributed by atoms with Gasteiger partial charge in [-0.2, -0.15) is 0 Å². The lowest BCUT2D eigenvalue weighted by atomic mass is 10.1. The predicted molar refractivity (Wildman–Crippen MR) is 80.3 cm³/mol. The van der Waals surface area contributed by atoms with E-state index in [1.54, 1.807) is 30.3 Å². The largest absolute Gasteiger partial charge is 0.495 e. The number of amides is 2. The third kappa shape index (κ3) is 3.30. The predicted octanol–water partition coefficient (Wildman–Crippen LogP) is 1.63. The van der Waals surface area contributed by atoms with Crippen LogP contribution in [0.2, 0.25) is 0 Å².